The van der Waals surface area contributed by atoms with Gasteiger partial charge in [-0.05, 0) is 11.8 Å². The number of carbonyl (C=O) groups excluding carboxylic acids is 1. The van der Waals surface area contributed by atoms with Crippen LogP contribution in [0.5, 0.6) is 0 Å². The van der Waals surface area contributed by atoms with Crippen LogP contribution in [-0.4, -0.2) is 55.5 Å². The third-order valence-electron chi connectivity index (χ3n) is 3.13. The maximum atomic E-state index is 11.7. The van der Waals surface area contributed by atoms with Crippen LogP contribution >= 0.6 is 35.7 Å². The number of hydrogen-bond donors (Lipinski definition) is 2. The Balaban J connectivity index is 0.00000484. The quantitative estimate of drug-likeness (QED) is 0.380. The average molecular weight is 450 g/mol. The number of rotatable bonds is 7. The number of aliphatic imine (C=N–C) groups is 1. The van der Waals surface area contributed by atoms with Gasteiger partial charge in [0.2, 0.25) is 5.91 Å². The van der Waals surface area contributed by atoms with Gasteiger partial charge < -0.3 is 15.5 Å². The van der Waals surface area contributed by atoms with Gasteiger partial charge in [-0.15, -0.1) is 24.0 Å². The van der Waals surface area contributed by atoms with Crippen molar-refractivity contribution in [3.05, 3.63) is 35.9 Å². The van der Waals surface area contributed by atoms with Crippen molar-refractivity contribution in [2.75, 3.05) is 33.4 Å². The minimum Gasteiger partial charge on any atom is -0.355 e. The maximum Gasteiger partial charge on any atom is 0.241 e. The first-order valence-electron chi connectivity index (χ1n) is 7.32. The molecule has 23 heavy (non-hydrogen) atoms. The highest BCUT2D eigenvalue weighted by molar-refractivity contribution is 14.0. The van der Waals surface area contributed by atoms with Crippen LogP contribution in [0.15, 0.2) is 35.3 Å². The maximum absolute atomic E-state index is 11.7. The van der Waals surface area contributed by atoms with Gasteiger partial charge in [0, 0.05) is 25.9 Å². The molecule has 7 heteroatoms. The predicted octanol–water partition coefficient (Wildman–Crippen LogP) is 2.18. The molecule has 0 fully saturated rings. The van der Waals surface area contributed by atoms with E-state index in [1.807, 2.05) is 30.3 Å². The zero-order valence-electron chi connectivity index (χ0n) is 14.2. The van der Waals surface area contributed by atoms with Crippen molar-refractivity contribution in [3.63, 3.8) is 0 Å². The Morgan fingerprint density at radius 1 is 1.26 bits per heavy atom. The number of guanidine groups is 1. The van der Waals surface area contributed by atoms with Crippen molar-refractivity contribution >= 4 is 47.6 Å². The molecule has 0 bridgehead atoms. The molecule has 130 valence electrons. The van der Waals surface area contributed by atoms with Crippen LogP contribution in [0, 0.1) is 0 Å². The van der Waals surface area contributed by atoms with Crippen molar-refractivity contribution in [2.45, 2.75) is 18.7 Å². The number of carbonyl (C=O) groups is 1. The van der Waals surface area contributed by atoms with E-state index in [1.165, 1.54) is 0 Å². The lowest BCUT2D eigenvalue weighted by Gasteiger charge is -2.16. The summed E-state index contributed by atoms with van der Waals surface area (Å²) >= 11 is 1.79. The number of nitrogens with one attached hydrogen (secondary N) is 2. The van der Waals surface area contributed by atoms with Crippen LogP contribution < -0.4 is 10.6 Å². The van der Waals surface area contributed by atoms with Gasteiger partial charge in [-0.3, -0.25) is 4.79 Å². The molecule has 1 rings (SSSR count). The van der Waals surface area contributed by atoms with Gasteiger partial charge in [0.1, 0.15) is 0 Å². The standard InChI is InChI=1S/C16H26N4OS.HI/c1-13(22-4)10-17-16(19-12-15(21)20(2)3)18-11-14-8-6-5-7-9-14;/h5-9,13H,10-12H2,1-4H3,(H2,17,18,19);1H. The second-order valence-corrected chi connectivity index (χ2v) is 6.50. The van der Waals surface area contributed by atoms with Crippen LogP contribution in [0.1, 0.15) is 12.5 Å². The number of likely N-dealkylation sites (N-methyl/N-ethyl adjacent to an activating group) is 1. The molecule has 0 aromatic heterocycles. The van der Waals surface area contributed by atoms with Crippen LogP contribution in [0.4, 0.5) is 0 Å². The topological polar surface area (TPSA) is 56.7 Å². The summed E-state index contributed by atoms with van der Waals surface area (Å²) in [5.41, 5.74) is 1.14. The molecule has 1 aromatic carbocycles. The van der Waals surface area contributed by atoms with Crippen LogP contribution in [-0.2, 0) is 11.3 Å². The fourth-order valence-electron chi connectivity index (χ4n) is 1.57. The fraction of sp³-hybridized carbons (Fsp3) is 0.500. The Morgan fingerprint density at radius 3 is 2.48 bits per heavy atom. The van der Waals surface area contributed by atoms with Crippen molar-refractivity contribution < 1.29 is 4.79 Å². The van der Waals surface area contributed by atoms with E-state index >= 15 is 0 Å². The van der Waals surface area contributed by atoms with E-state index in [0.717, 1.165) is 12.1 Å². The summed E-state index contributed by atoms with van der Waals surface area (Å²) in [6.45, 7) is 3.77. The lowest BCUT2D eigenvalue weighted by molar-refractivity contribution is -0.127. The molecule has 0 radical (unpaired) electrons. The molecule has 0 saturated carbocycles. The first-order valence-corrected chi connectivity index (χ1v) is 8.60. The summed E-state index contributed by atoms with van der Waals surface area (Å²) in [5.74, 6) is 0.687. The molecule has 0 aliphatic carbocycles. The molecule has 1 atom stereocenters. The molecular formula is C16H27IN4OS. The molecule has 1 amide bonds. The molecule has 5 nitrogen and oxygen atoms in total. The summed E-state index contributed by atoms with van der Waals surface area (Å²) < 4.78 is 0. The molecule has 0 aliphatic rings. The molecule has 0 heterocycles. The molecule has 2 N–H and O–H groups in total. The lowest BCUT2D eigenvalue weighted by atomic mass is 10.2. The molecule has 1 unspecified atom stereocenters. The normalized spacial score (nSPS) is 12.1. The van der Waals surface area contributed by atoms with Gasteiger partial charge in [-0.1, -0.05) is 37.3 Å². The summed E-state index contributed by atoms with van der Waals surface area (Å²) in [4.78, 5) is 17.8. The highest BCUT2D eigenvalue weighted by atomic mass is 127. The van der Waals surface area contributed by atoms with Gasteiger partial charge in [-0.25, -0.2) is 4.99 Å². The molecule has 0 saturated heterocycles. The number of benzene rings is 1. The summed E-state index contributed by atoms with van der Waals surface area (Å²) in [5, 5.41) is 6.85. The van der Waals surface area contributed by atoms with Gasteiger partial charge in [-0.2, -0.15) is 11.8 Å². The van der Waals surface area contributed by atoms with E-state index in [9.17, 15) is 4.79 Å². The first kappa shape index (κ1) is 22.0. The lowest BCUT2D eigenvalue weighted by Crippen LogP contribution is -2.44. The number of amides is 1. The SMILES string of the molecule is CSC(C)CNC(=NCc1ccccc1)NCC(=O)N(C)C.I. The van der Waals surface area contributed by atoms with Crippen LogP contribution in [0.3, 0.4) is 0 Å². The minimum atomic E-state index is 0. The Kier molecular flexibility index (Phi) is 11.9. The number of hydrogen-bond acceptors (Lipinski definition) is 3. The Labute approximate surface area is 160 Å². The average Bonchev–Trinajstić information content (AvgIpc) is 2.54. The Hall–Kier alpha value is -0.960. The number of halogens is 1. The van der Waals surface area contributed by atoms with E-state index in [2.05, 4.69) is 28.8 Å². The minimum absolute atomic E-state index is 0. The summed E-state index contributed by atoms with van der Waals surface area (Å²) in [6.07, 6.45) is 2.08. The highest BCUT2D eigenvalue weighted by Crippen LogP contribution is 2.03. The first-order chi connectivity index (χ1) is 10.5. The molecule has 0 spiro atoms. The van der Waals surface area contributed by atoms with Gasteiger partial charge in [0.05, 0.1) is 13.1 Å². The summed E-state index contributed by atoms with van der Waals surface area (Å²) in [7, 11) is 3.49. The van der Waals surface area contributed by atoms with Gasteiger partial charge in [0.15, 0.2) is 5.96 Å². The third-order valence-corrected chi connectivity index (χ3v) is 4.10. The fourth-order valence-corrected chi connectivity index (χ4v) is 1.82. The second kappa shape index (κ2) is 12.5. The Bertz CT molecular complexity index is 482. The van der Waals surface area contributed by atoms with E-state index in [-0.39, 0.29) is 36.4 Å². The van der Waals surface area contributed by atoms with Gasteiger partial charge in [0.25, 0.3) is 0 Å². The van der Waals surface area contributed by atoms with Crippen LogP contribution in [0.25, 0.3) is 0 Å². The van der Waals surface area contributed by atoms with Crippen molar-refractivity contribution in [2.24, 2.45) is 4.99 Å². The van der Waals surface area contributed by atoms with Crippen molar-refractivity contribution in [1.82, 2.24) is 15.5 Å². The van der Waals surface area contributed by atoms with Crippen LogP contribution in [0.2, 0.25) is 0 Å². The van der Waals surface area contributed by atoms with E-state index < -0.39 is 0 Å². The molecule has 0 aliphatic heterocycles. The molecule has 1 aromatic rings. The largest absolute Gasteiger partial charge is 0.355 e. The zero-order valence-corrected chi connectivity index (χ0v) is 17.4. The van der Waals surface area contributed by atoms with Gasteiger partial charge >= 0.3 is 0 Å². The van der Waals surface area contributed by atoms with E-state index in [1.54, 1.807) is 30.8 Å². The van der Waals surface area contributed by atoms with Crippen molar-refractivity contribution in [1.29, 1.82) is 0 Å². The van der Waals surface area contributed by atoms with E-state index in [0.29, 0.717) is 17.8 Å². The summed E-state index contributed by atoms with van der Waals surface area (Å²) in [6, 6.07) is 10.1. The van der Waals surface area contributed by atoms with Crippen molar-refractivity contribution in [3.8, 4) is 0 Å². The smallest absolute Gasteiger partial charge is 0.241 e. The monoisotopic (exact) mass is 450 g/mol. The van der Waals surface area contributed by atoms with E-state index in [4.69, 9.17) is 0 Å². The third kappa shape index (κ3) is 9.70. The number of thioether (sulfide) groups is 1. The second-order valence-electron chi connectivity index (χ2n) is 5.22. The number of nitrogens with zero attached hydrogens (tertiary/aromatic N) is 2. The predicted molar refractivity (Wildman–Crippen MR) is 111 cm³/mol. The molecular weight excluding hydrogens is 423 g/mol. The Morgan fingerprint density at radius 2 is 1.91 bits per heavy atom. The zero-order chi connectivity index (χ0) is 16.4. The highest BCUT2D eigenvalue weighted by Gasteiger charge is 2.07.